The summed E-state index contributed by atoms with van der Waals surface area (Å²) < 4.78 is 29.1. The first-order valence-corrected chi connectivity index (χ1v) is 9.00. The van der Waals surface area contributed by atoms with Crippen molar-refractivity contribution in [2.24, 2.45) is 0 Å². The number of carbonyl (C=O) groups is 2. The molecular formula is C20H22F2N3O3+. The molecule has 1 heterocycles. The van der Waals surface area contributed by atoms with E-state index in [0.29, 0.717) is 13.1 Å². The summed E-state index contributed by atoms with van der Waals surface area (Å²) in [6, 6.07) is 15.1. The smallest absolute Gasteiger partial charge is 0.387 e. The third kappa shape index (κ3) is 5.50. The summed E-state index contributed by atoms with van der Waals surface area (Å²) >= 11 is 0. The standard InChI is InChI=1S/C20H21F2N3O3/c21-20(22)28-16-8-6-15(7-9-16)19(14-4-2-1-3-5-14)24-18(27)13-25-11-10-23-17(26)12-25/h1-9,19-20H,10-13H2,(H,23,26)(H,24,27)/p+1/t19-/m1/s1. The molecule has 3 rings (SSSR count). The third-order valence-corrected chi connectivity index (χ3v) is 4.50. The summed E-state index contributed by atoms with van der Waals surface area (Å²) in [4.78, 5) is 25.0. The number of piperazine rings is 1. The quantitative estimate of drug-likeness (QED) is 0.645. The molecular weight excluding hydrogens is 368 g/mol. The van der Waals surface area contributed by atoms with Gasteiger partial charge in [0.1, 0.15) is 5.75 Å². The molecule has 148 valence electrons. The molecule has 1 aliphatic heterocycles. The highest BCUT2D eigenvalue weighted by atomic mass is 19.3. The van der Waals surface area contributed by atoms with Crippen LogP contribution in [0.4, 0.5) is 8.78 Å². The van der Waals surface area contributed by atoms with E-state index in [0.717, 1.165) is 16.0 Å². The van der Waals surface area contributed by atoms with Gasteiger partial charge in [0.15, 0.2) is 13.1 Å². The maximum Gasteiger partial charge on any atom is 0.387 e. The molecule has 0 radical (unpaired) electrons. The lowest BCUT2D eigenvalue weighted by Crippen LogP contribution is -3.16. The van der Waals surface area contributed by atoms with E-state index < -0.39 is 12.7 Å². The second-order valence-electron chi connectivity index (χ2n) is 6.56. The van der Waals surface area contributed by atoms with Crippen LogP contribution in [0.1, 0.15) is 17.2 Å². The van der Waals surface area contributed by atoms with E-state index >= 15 is 0 Å². The number of carbonyl (C=O) groups excluding carboxylic acids is 2. The van der Waals surface area contributed by atoms with Gasteiger partial charge in [-0.2, -0.15) is 8.78 Å². The lowest BCUT2D eigenvalue weighted by atomic mass is 9.98. The predicted octanol–water partition coefficient (Wildman–Crippen LogP) is 0.508. The number of hydrogen-bond acceptors (Lipinski definition) is 3. The van der Waals surface area contributed by atoms with Crippen molar-refractivity contribution in [1.82, 2.24) is 10.6 Å². The predicted molar refractivity (Wildman–Crippen MR) is 98.1 cm³/mol. The largest absolute Gasteiger partial charge is 0.435 e. The molecule has 2 aromatic rings. The van der Waals surface area contributed by atoms with Crippen LogP contribution in [0.2, 0.25) is 0 Å². The van der Waals surface area contributed by atoms with Crippen molar-refractivity contribution < 1.29 is 28.0 Å². The van der Waals surface area contributed by atoms with Crippen LogP contribution in [0.15, 0.2) is 54.6 Å². The fourth-order valence-electron chi connectivity index (χ4n) is 3.19. The van der Waals surface area contributed by atoms with Crippen LogP contribution in [-0.2, 0) is 9.59 Å². The van der Waals surface area contributed by atoms with Crippen LogP contribution in [0.3, 0.4) is 0 Å². The minimum Gasteiger partial charge on any atom is -0.435 e. The normalized spacial score (nSPS) is 17.7. The fourth-order valence-corrected chi connectivity index (χ4v) is 3.19. The first kappa shape index (κ1) is 19.8. The van der Waals surface area contributed by atoms with Gasteiger partial charge in [0.05, 0.1) is 19.1 Å². The van der Waals surface area contributed by atoms with Crippen LogP contribution in [0, 0.1) is 0 Å². The van der Waals surface area contributed by atoms with Crippen molar-refractivity contribution in [3.63, 3.8) is 0 Å². The van der Waals surface area contributed by atoms with Crippen molar-refractivity contribution in [2.75, 3.05) is 26.2 Å². The topological polar surface area (TPSA) is 71.9 Å². The molecule has 0 spiro atoms. The van der Waals surface area contributed by atoms with Crippen LogP contribution in [0.5, 0.6) is 5.75 Å². The molecule has 8 heteroatoms. The average molecular weight is 390 g/mol. The number of nitrogens with one attached hydrogen (secondary N) is 3. The Hall–Kier alpha value is -3.00. The van der Waals surface area contributed by atoms with Crippen molar-refractivity contribution in [2.45, 2.75) is 12.7 Å². The molecule has 28 heavy (non-hydrogen) atoms. The van der Waals surface area contributed by atoms with Gasteiger partial charge in [-0.25, -0.2) is 0 Å². The van der Waals surface area contributed by atoms with E-state index in [9.17, 15) is 18.4 Å². The number of alkyl halides is 2. The number of quaternary nitrogens is 1. The Labute approximate surface area is 161 Å². The van der Waals surface area contributed by atoms with E-state index in [1.807, 2.05) is 30.3 Å². The Kier molecular flexibility index (Phi) is 6.54. The number of halogens is 2. The van der Waals surface area contributed by atoms with Crippen molar-refractivity contribution in [1.29, 1.82) is 0 Å². The van der Waals surface area contributed by atoms with E-state index in [1.165, 1.54) is 12.1 Å². The summed E-state index contributed by atoms with van der Waals surface area (Å²) in [6.07, 6.45) is 0. The van der Waals surface area contributed by atoms with Gasteiger partial charge in [0.2, 0.25) is 0 Å². The van der Waals surface area contributed by atoms with E-state index in [2.05, 4.69) is 15.4 Å². The van der Waals surface area contributed by atoms with Crippen molar-refractivity contribution in [3.8, 4) is 5.75 Å². The van der Waals surface area contributed by atoms with Gasteiger partial charge in [-0.15, -0.1) is 0 Å². The minimum atomic E-state index is -2.89. The van der Waals surface area contributed by atoms with Crippen molar-refractivity contribution >= 4 is 11.8 Å². The Balaban J connectivity index is 1.74. The molecule has 2 atom stereocenters. The molecule has 1 fully saturated rings. The van der Waals surface area contributed by atoms with Gasteiger partial charge < -0.3 is 20.3 Å². The van der Waals surface area contributed by atoms with Crippen LogP contribution >= 0.6 is 0 Å². The molecule has 1 aliphatic rings. The molecule has 1 saturated heterocycles. The Morgan fingerprint density at radius 3 is 2.43 bits per heavy atom. The lowest BCUT2D eigenvalue weighted by molar-refractivity contribution is -0.885. The first-order chi connectivity index (χ1) is 13.5. The monoisotopic (exact) mass is 390 g/mol. The molecule has 0 aromatic heterocycles. The van der Waals surface area contributed by atoms with Gasteiger partial charge in [-0.1, -0.05) is 42.5 Å². The SMILES string of the molecule is O=C1C[NH+](CC(=O)N[C@H](c2ccccc2)c2ccc(OC(F)F)cc2)CCN1. The van der Waals surface area contributed by atoms with Gasteiger partial charge in [-0.3, -0.25) is 9.59 Å². The number of hydrogen-bond donors (Lipinski definition) is 3. The molecule has 2 amide bonds. The number of benzene rings is 2. The second-order valence-corrected chi connectivity index (χ2v) is 6.56. The highest BCUT2D eigenvalue weighted by Crippen LogP contribution is 2.24. The average Bonchev–Trinajstić information content (AvgIpc) is 2.67. The van der Waals surface area contributed by atoms with Crippen LogP contribution in [0.25, 0.3) is 0 Å². The summed E-state index contributed by atoms with van der Waals surface area (Å²) in [5, 5.41) is 5.73. The zero-order valence-electron chi connectivity index (χ0n) is 15.2. The molecule has 0 aliphatic carbocycles. The highest BCUT2D eigenvalue weighted by molar-refractivity contribution is 5.79. The zero-order valence-corrected chi connectivity index (χ0v) is 15.2. The number of amides is 2. The molecule has 0 saturated carbocycles. The van der Waals surface area contributed by atoms with Crippen molar-refractivity contribution in [3.05, 3.63) is 65.7 Å². The Morgan fingerprint density at radius 2 is 1.79 bits per heavy atom. The summed E-state index contributed by atoms with van der Waals surface area (Å²) in [7, 11) is 0. The van der Waals surface area contributed by atoms with Gasteiger partial charge in [0, 0.05) is 0 Å². The molecule has 1 unspecified atom stereocenters. The van der Waals surface area contributed by atoms with E-state index in [4.69, 9.17) is 0 Å². The van der Waals surface area contributed by atoms with E-state index in [-0.39, 0.29) is 30.7 Å². The third-order valence-electron chi connectivity index (χ3n) is 4.50. The molecule has 6 nitrogen and oxygen atoms in total. The van der Waals surface area contributed by atoms with Crippen LogP contribution in [-0.4, -0.2) is 44.6 Å². The summed E-state index contributed by atoms with van der Waals surface area (Å²) in [5.74, 6) is -0.199. The van der Waals surface area contributed by atoms with Crippen LogP contribution < -0.4 is 20.3 Å². The molecule has 0 bridgehead atoms. The highest BCUT2D eigenvalue weighted by Gasteiger charge is 2.24. The van der Waals surface area contributed by atoms with Gasteiger partial charge >= 0.3 is 6.61 Å². The lowest BCUT2D eigenvalue weighted by Gasteiger charge is -2.25. The Morgan fingerprint density at radius 1 is 1.11 bits per heavy atom. The molecule has 3 N–H and O–H groups in total. The van der Waals surface area contributed by atoms with E-state index in [1.54, 1.807) is 12.1 Å². The first-order valence-electron chi connectivity index (χ1n) is 9.00. The Bertz CT molecular complexity index is 800. The van der Waals surface area contributed by atoms with Gasteiger partial charge in [0.25, 0.3) is 11.8 Å². The second kappa shape index (κ2) is 9.27. The molecule has 2 aromatic carbocycles. The fraction of sp³-hybridized carbons (Fsp3) is 0.300. The maximum absolute atomic E-state index is 12.6. The number of ether oxygens (including phenoxy) is 1. The number of rotatable bonds is 7. The minimum absolute atomic E-state index is 0.0562. The zero-order chi connectivity index (χ0) is 19.9. The summed E-state index contributed by atoms with van der Waals surface area (Å²) in [5.41, 5.74) is 1.61. The summed E-state index contributed by atoms with van der Waals surface area (Å²) in [6.45, 7) is -1.20. The maximum atomic E-state index is 12.6. The van der Waals surface area contributed by atoms with Gasteiger partial charge in [-0.05, 0) is 23.3 Å².